The van der Waals surface area contributed by atoms with E-state index in [-0.39, 0.29) is 29.0 Å². The van der Waals surface area contributed by atoms with E-state index in [9.17, 15) is 9.90 Å². The van der Waals surface area contributed by atoms with Crippen molar-refractivity contribution in [1.29, 1.82) is 0 Å². The molecule has 4 heteroatoms. The van der Waals surface area contributed by atoms with E-state index in [1.807, 2.05) is 0 Å². The van der Waals surface area contributed by atoms with Crippen molar-refractivity contribution in [2.75, 3.05) is 27.2 Å². The normalized spacial score (nSPS) is 40.4. The van der Waals surface area contributed by atoms with Gasteiger partial charge in [-0.2, -0.15) is 0 Å². The molecule has 53 heavy (non-hydrogen) atoms. The van der Waals surface area contributed by atoms with Crippen LogP contribution in [0.3, 0.4) is 0 Å². The van der Waals surface area contributed by atoms with E-state index in [2.05, 4.69) is 82.3 Å². The van der Waals surface area contributed by atoms with E-state index in [0.29, 0.717) is 52.4 Å². The molecule has 5 fully saturated rings. The van der Waals surface area contributed by atoms with Gasteiger partial charge in [0.1, 0.15) is 6.10 Å². The van der Waals surface area contributed by atoms with Crippen LogP contribution in [0, 0.1) is 69.5 Å². The van der Waals surface area contributed by atoms with Gasteiger partial charge in [0.05, 0.1) is 26.7 Å². The molecule has 5 rings (SSSR count). The number of likely N-dealkylation sites (N-methyl/N-ethyl adjacent to an activating group) is 1. The number of carbonyl (C=O) groups excluding carboxylic acids is 1. The molecule has 0 aromatic carbocycles. The van der Waals surface area contributed by atoms with Gasteiger partial charge in [-0.05, 0) is 134 Å². The molecule has 10 unspecified atom stereocenters. The van der Waals surface area contributed by atoms with Crippen LogP contribution in [0.15, 0.2) is 0 Å². The van der Waals surface area contributed by atoms with Crippen molar-refractivity contribution in [3.63, 3.8) is 0 Å². The lowest BCUT2D eigenvalue weighted by atomic mass is 9.32. The maximum absolute atomic E-state index is 13.5. The molecule has 5 aliphatic carbocycles. The fourth-order valence-corrected chi connectivity index (χ4v) is 14.1. The first kappa shape index (κ1) is 44.7. The fourth-order valence-electron chi connectivity index (χ4n) is 14.1. The van der Waals surface area contributed by atoms with Crippen LogP contribution in [0.1, 0.15) is 197 Å². The van der Waals surface area contributed by atoms with E-state index in [1.165, 1.54) is 128 Å². The predicted octanol–water partition coefficient (Wildman–Crippen LogP) is 12.4. The minimum atomic E-state index is -0.189. The first-order valence-electron chi connectivity index (χ1n) is 23.0. The second-order valence-corrected chi connectivity index (χ2v) is 22.0. The van der Waals surface area contributed by atoms with E-state index in [0.717, 1.165) is 23.9 Å². The second kappa shape index (κ2) is 18.0. The molecule has 4 nitrogen and oxygen atoms in total. The van der Waals surface area contributed by atoms with Gasteiger partial charge in [0.15, 0.2) is 6.54 Å². The number of esters is 1. The van der Waals surface area contributed by atoms with Crippen LogP contribution in [-0.4, -0.2) is 55.0 Å². The fraction of sp³-hybridized carbons (Fsp3) is 0.939. The summed E-state index contributed by atoms with van der Waals surface area (Å²) in [5.74, 6) is 2.84. The molecule has 5 saturated carbocycles. The Labute approximate surface area is 329 Å². The molecule has 1 N–H and O–H groups in total. The monoisotopic (exact) mass is 739 g/mol. The number of aliphatic hydroxyl groups excluding tert-OH is 1. The molecular weight excluding hydrogens is 651 g/mol. The zero-order valence-electron chi connectivity index (χ0n) is 36.9. The molecule has 0 bridgehead atoms. The summed E-state index contributed by atoms with van der Waals surface area (Å²) in [4.78, 5) is 13.5. The Morgan fingerprint density at radius 1 is 0.698 bits per heavy atom. The largest absolute Gasteiger partial charge is 0.458 e. The van der Waals surface area contributed by atoms with E-state index < -0.39 is 0 Å². The van der Waals surface area contributed by atoms with Crippen LogP contribution in [-0.2, 0) is 9.53 Å². The summed E-state index contributed by atoms with van der Waals surface area (Å²) in [6.45, 7) is 21.5. The standard InChI is InChI=1S/C47H86NO3.C2H2/c1-11-12-13-14-15-16-17-18-19-20-21-22-33-48(9,10)34-40(49)51-38-26-27-45(6)36(35(38)2)25-28-47(8)39(45)24-23-37-41-42(50)43(3,4)29-30-44(41,5)31-32-46(37,47)7;1-2/h35-39,41-42,50H,11-34H2,1-10H3;1-2H/q+1;/t35?,36?,37?,38?,39?,41?,42?,44?,45?,46-,47?;/m1./s1. The number of quaternary nitrogens is 1. The molecule has 0 aromatic rings. The van der Waals surface area contributed by atoms with E-state index >= 15 is 0 Å². The van der Waals surface area contributed by atoms with Crippen LogP contribution in [0.2, 0.25) is 0 Å². The molecule has 0 spiro atoms. The number of nitrogens with zero attached hydrogens (tertiary/aromatic N) is 1. The second-order valence-electron chi connectivity index (χ2n) is 22.0. The molecule has 0 saturated heterocycles. The van der Waals surface area contributed by atoms with Crippen molar-refractivity contribution in [1.82, 2.24) is 0 Å². The van der Waals surface area contributed by atoms with Gasteiger partial charge in [0, 0.05) is 0 Å². The summed E-state index contributed by atoms with van der Waals surface area (Å²) in [6.07, 6.45) is 36.7. The summed E-state index contributed by atoms with van der Waals surface area (Å²) < 4.78 is 7.17. The minimum Gasteiger partial charge on any atom is -0.458 e. The van der Waals surface area contributed by atoms with E-state index in [4.69, 9.17) is 4.74 Å². The van der Waals surface area contributed by atoms with Gasteiger partial charge in [-0.25, -0.2) is 4.79 Å². The SMILES string of the molecule is C#C.CCCCCCCCCCCCCC[N+](C)(C)CC(=O)OC1CCC2(C)C(CCC3(C)C2CCC2C4C(O)C(C)(C)CCC4(C)CC[C@]23C)C1C. The van der Waals surface area contributed by atoms with Crippen molar-refractivity contribution in [3.8, 4) is 12.8 Å². The van der Waals surface area contributed by atoms with Crippen LogP contribution in [0.25, 0.3) is 0 Å². The highest BCUT2D eigenvalue weighted by Gasteiger charge is 2.69. The topological polar surface area (TPSA) is 46.5 Å². The predicted molar refractivity (Wildman–Crippen MR) is 224 cm³/mol. The first-order chi connectivity index (χ1) is 24.9. The summed E-state index contributed by atoms with van der Waals surface area (Å²) in [7, 11) is 4.45. The zero-order chi connectivity index (χ0) is 39.3. The maximum atomic E-state index is 13.5. The molecule has 0 aromatic heterocycles. The third kappa shape index (κ3) is 9.24. The van der Waals surface area contributed by atoms with Gasteiger partial charge in [-0.15, -0.1) is 12.8 Å². The molecule has 0 radical (unpaired) electrons. The Balaban J connectivity index is 0.00000308. The third-order valence-corrected chi connectivity index (χ3v) is 17.9. The lowest BCUT2D eigenvalue weighted by molar-refractivity contribution is -0.883. The highest BCUT2D eigenvalue weighted by Crippen LogP contribution is 2.76. The average Bonchev–Trinajstić information content (AvgIpc) is 3.10. The summed E-state index contributed by atoms with van der Waals surface area (Å²) in [6, 6.07) is 0. The zero-order valence-corrected chi connectivity index (χ0v) is 36.9. The van der Waals surface area contributed by atoms with Gasteiger partial charge >= 0.3 is 5.97 Å². The summed E-state index contributed by atoms with van der Waals surface area (Å²) >= 11 is 0. The number of carbonyl (C=O) groups is 1. The number of rotatable bonds is 16. The average molecular weight is 739 g/mol. The quantitative estimate of drug-likeness (QED) is 0.0742. The number of fused-ring (bicyclic) bond motifs is 7. The Morgan fingerprint density at radius 2 is 1.26 bits per heavy atom. The highest BCUT2D eigenvalue weighted by atomic mass is 16.5. The van der Waals surface area contributed by atoms with Crippen molar-refractivity contribution in [2.45, 2.75) is 209 Å². The number of unbranched alkanes of at least 4 members (excludes halogenated alkanes) is 11. The lowest BCUT2D eigenvalue weighted by Crippen LogP contribution is -2.67. The number of hydrogen-bond acceptors (Lipinski definition) is 3. The van der Waals surface area contributed by atoms with E-state index in [1.54, 1.807) is 0 Å². The number of terminal acetylenes is 1. The van der Waals surface area contributed by atoms with Gasteiger partial charge in [0.25, 0.3) is 0 Å². The van der Waals surface area contributed by atoms with Crippen molar-refractivity contribution in [3.05, 3.63) is 0 Å². The lowest BCUT2D eigenvalue weighted by Gasteiger charge is -2.73. The molecular formula is C49H88NO3+. The van der Waals surface area contributed by atoms with Crippen molar-refractivity contribution in [2.24, 2.45) is 56.7 Å². The van der Waals surface area contributed by atoms with Crippen molar-refractivity contribution < 1.29 is 19.1 Å². The number of ether oxygens (including phenoxy) is 1. The smallest absolute Gasteiger partial charge is 0.362 e. The number of hydrogen-bond donors (Lipinski definition) is 1. The Hall–Kier alpha value is -1.05. The van der Waals surface area contributed by atoms with Gasteiger partial charge < -0.3 is 14.3 Å². The van der Waals surface area contributed by atoms with Crippen LogP contribution in [0.5, 0.6) is 0 Å². The first-order valence-corrected chi connectivity index (χ1v) is 23.0. The van der Waals surface area contributed by atoms with Crippen LogP contribution < -0.4 is 0 Å². The molecule has 0 heterocycles. The third-order valence-electron chi connectivity index (χ3n) is 17.9. The molecule has 0 aliphatic heterocycles. The maximum Gasteiger partial charge on any atom is 0.362 e. The number of aliphatic hydroxyl groups is 1. The van der Waals surface area contributed by atoms with Crippen LogP contribution in [0.4, 0.5) is 0 Å². The molecule has 0 amide bonds. The highest BCUT2D eigenvalue weighted by molar-refractivity contribution is 5.70. The van der Waals surface area contributed by atoms with Crippen LogP contribution >= 0.6 is 0 Å². The van der Waals surface area contributed by atoms with Crippen molar-refractivity contribution >= 4 is 5.97 Å². The summed E-state index contributed by atoms with van der Waals surface area (Å²) in [5.41, 5.74) is 1.21. The minimum absolute atomic E-state index is 0.0206. The molecule has 306 valence electrons. The molecule has 5 aliphatic rings. The Bertz CT molecular complexity index is 1190. The van der Waals surface area contributed by atoms with Gasteiger partial charge in [0.2, 0.25) is 0 Å². The Kier molecular flexibility index (Phi) is 15.2. The Morgan fingerprint density at radius 3 is 1.87 bits per heavy atom. The van der Waals surface area contributed by atoms with Gasteiger partial charge in [-0.3, -0.25) is 0 Å². The van der Waals surface area contributed by atoms with Gasteiger partial charge in [-0.1, -0.05) is 120 Å². The summed E-state index contributed by atoms with van der Waals surface area (Å²) in [5, 5.41) is 12.0. The molecule has 11 atom stereocenters.